The summed E-state index contributed by atoms with van der Waals surface area (Å²) in [4.78, 5) is 9.33. The van der Waals surface area contributed by atoms with Crippen LogP contribution < -0.4 is 10.2 Å². The lowest BCUT2D eigenvalue weighted by atomic mass is 10.2. The summed E-state index contributed by atoms with van der Waals surface area (Å²) in [6.07, 6.45) is 1.85. The standard InChI is InChI=1S/C18H24N4.C2H6/c1-2-7-18(8-3-1)22-14-12-21(13-15-22)11-10-19-16-17-6-4-5-9-20-17;1-2/h1-9,19H,10-16H2;1-2H3. The third-order valence-corrected chi connectivity index (χ3v) is 4.13. The first kappa shape index (κ1) is 18.4. The predicted octanol–water partition coefficient (Wildman–Crippen LogP) is 3.02. The summed E-state index contributed by atoms with van der Waals surface area (Å²) in [7, 11) is 0. The van der Waals surface area contributed by atoms with Crippen LogP contribution in [0.4, 0.5) is 5.69 Å². The first-order chi connectivity index (χ1) is 11.9. The van der Waals surface area contributed by atoms with Gasteiger partial charge < -0.3 is 10.2 Å². The number of rotatable bonds is 6. The molecule has 1 saturated heterocycles. The van der Waals surface area contributed by atoms with Gasteiger partial charge in [0.25, 0.3) is 0 Å². The molecule has 0 spiro atoms. The first-order valence-corrected chi connectivity index (χ1v) is 9.05. The number of hydrogen-bond donors (Lipinski definition) is 1. The maximum Gasteiger partial charge on any atom is 0.0541 e. The Morgan fingerprint density at radius 2 is 1.62 bits per heavy atom. The fourth-order valence-corrected chi connectivity index (χ4v) is 2.82. The highest BCUT2D eigenvalue weighted by atomic mass is 15.3. The van der Waals surface area contributed by atoms with Gasteiger partial charge in [-0.15, -0.1) is 0 Å². The summed E-state index contributed by atoms with van der Waals surface area (Å²) < 4.78 is 0. The average molecular weight is 326 g/mol. The molecular weight excluding hydrogens is 296 g/mol. The van der Waals surface area contributed by atoms with Crippen molar-refractivity contribution in [3.63, 3.8) is 0 Å². The molecule has 1 aromatic carbocycles. The molecule has 0 amide bonds. The summed E-state index contributed by atoms with van der Waals surface area (Å²) in [5, 5.41) is 3.47. The van der Waals surface area contributed by atoms with Crippen molar-refractivity contribution in [3.8, 4) is 0 Å². The first-order valence-electron chi connectivity index (χ1n) is 9.05. The molecule has 3 rings (SSSR count). The van der Waals surface area contributed by atoms with E-state index in [2.05, 4.69) is 56.5 Å². The minimum atomic E-state index is 0.852. The van der Waals surface area contributed by atoms with Gasteiger partial charge in [0.15, 0.2) is 0 Å². The second-order valence-electron chi connectivity index (χ2n) is 5.66. The molecule has 1 aliphatic heterocycles. The number of pyridine rings is 1. The Morgan fingerprint density at radius 3 is 2.29 bits per heavy atom. The van der Waals surface area contributed by atoms with Crippen molar-refractivity contribution < 1.29 is 0 Å². The van der Waals surface area contributed by atoms with Crippen molar-refractivity contribution in [2.45, 2.75) is 20.4 Å². The molecule has 2 aromatic rings. The van der Waals surface area contributed by atoms with E-state index in [0.29, 0.717) is 0 Å². The predicted molar refractivity (Wildman–Crippen MR) is 102 cm³/mol. The van der Waals surface area contributed by atoms with Crippen molar-refractivity contribution in [1.82, 2.24) is 15.2 Å². The van der Waals surface area contributed by atoms with Crippen molar-refractivity contribution >= 4 is 5.69 Å². The fraction of sp³-hybridized carbons (Fsp3) is 0.450. The van der Waals surface area contributed by atoms with Gasteiger partial charge in [-0.05, 0) is 24.3 Å². The van der Waals surface area contributed by atoms with Crippen molar-refractivity contribution in [2.75, 3.05) is 44.2 Å². The lowest BCUT2D eigenvalue weighted by Gasteiger charge is -2.36. The smallest absolute Gasteiger partial charge is 0.0541 e. The van der Waals surface area contributed by atoms with Gasteiger partial charge in [0, 0.05) is 57.7 Å². The quantitative estimate of drug-likeness (QED) is 0.827. The van der Waals surface area contributed by atoms with Crippen molar-refractivity contribution in [1.29, 1.82) is 0 Å². The second kappa shape index (κ2) is 10.8. The molecule has 1 fully saturated rings. The highest BCUT2D eigenvalue weighted by Gasteiger charge is 2.16. The SMILES string of the molecule is CC.c1ccc(N2CCN(CCNCc3ccccn3)CC2)cc1. The molecule has 1 aromatic heterocycles. The molecule has 0 atom stereocenters. The number of benzene rings is 1. The summed E-state index contributed by atoms with van der Waals surface area (Å²) in [5.74, 6) is 0. The Labute approximate surface area is 146 Å². The topological polar surface area (TPSA) is 31.4 Å². The minimum absolute atomic E-state index is 0.852. The fourth-order valence-electron chi connectivity index (χ4n) is 2.82. The van der Waals surface area contributed by atoms with Crippen LogP contribution in [-0.4, -0.2) is 49.2 Å². The number of anilines is 1. The minimum Gasteiger partial charge on any atom is -0.369 e. The Balaban J connectivity index is 0.00000100. The Morgan fingerprint density at radius 1 is 0.917 bits per heavy atom. The second-order valence-corrected chi connectivity index (χ2v) is 5.66. The lowest BCUT2D eigenvalue weighted by molar-refractivity contribution is 0.257. The molecule has 1 N–H and O–H groups in total. The van der Waals surface area contributed by atoms with Crippen molar-refractivity contribution in [3.05, 3.63) is 60.4 Å². The molecule has 4 heteroatoms. The van der Waals surface area contributed by atoms with Crippen LogP contribution >= 0.6 is 0 Å². The van der Waals surface area contributed by atoms with Crippen LogP contribution in [0.25, 0.3) is 0 Å². The zero-order valence-electron chi connectivity index (χ0n) is 15.0. The van der Waals surface area contributed by atoms with Crippen LogP contribution in [0.2, 0.25) is 0 Å². The monoisotopic (exact) mass is 326 g/mol. The van der Waals surface area contributed by atoms with Gasteiger partial charge in [-0.1, -0.05) is 38.1 Å². The number of piperazine rings is 1. The maximum absolute atomic E-state index is 4.32. The zero-order valence-corrected chi connectivity index (χ0v) is 15.0. The zero-order chi connectivity index (χ0) is 17.0. The van der Waals surface area contributed by atoms with E-state index in [4.69, 9.17) is 0 Å². The lowest BCUT2D eigenvalue weighted by Crippen LogP contribution is -2.48. The molecule has 0 radical (unpaired) electrons. The molecule has 24 heavy (non-hydrogen) atoms. The number of nitrogens with zero attached hydrogens (tertiary/aromatic N) is 3. The molecule has 0 aliphatic carbocycles. The number of hydrogen-bond acceptors (Lipinski definition) is 4. The van der Waals surface area contributed by atoms with Crippen LogP contribution in [0.1, 0.15) is 19.5 Å². The summed E-state index contributed by atoms with van der Waals surface area (Å²) in [5.41, 5.74) is 2.45. The largest absolute Gasteiger partial charge is 0.369 e. The molecular formula is C20H30N4. The molecule has 130 valence electrons. The van der Waals surface area contributed by atoms with E-state index < -0.39 is 0 Å². The molecule has 1 aliphatic rings. The highest BCUT2D eigenvalue weighted by Crippen LogP contribution is 2.15. The molecule has 0 unspecified atom stereocenters. The van der Waals surface area contributed by atoms with Crippen molar-refractivity contribution in [2.24, 2.45) is 0 Å². The van der Waals surface area contributed by atoms with Gasteiger partial charge >= 0.3 is 0 Å². The average Bonchev–Trinajstić information content (AvgIpc) is 2.69. The van der Waals surface area contributed by atoms with Crippen LogP contribution in [0.15, 0.2) is 54.7 Å². The van der Waals surface area contributed by atoms with Gasteiger partial charge in [-0.3, -0.25) is 9.88 Å². The van der Waals surface area contributed by atoms with Crippen LogP contribution in [-0.2, 0) is 6.54 Å². The van der Waals surface area contributed by atoms with E-state index in [1.54, 1.807) is 0 Å². The third kappa shape index (κ3) is 5.95. The van der Waals surface area contributed by atoms with E-state index in [1.807, 2.05) is 32.2 Å². The maximum atomic E-state index is 4.32. The summed E-state index contributed by atoms with van der Waals surface area (Å²) in [6, 6.07) is 16.8. The number of nitrogens with one attached hydrogen (secondary N) is 1. The summed E-state index contributed by atoms with van der Waals surface area (Å²) >= 11 is 0. The molecule has 0 saturated carbocycles. The van der Waals surface area contributed by atoms with Gasteiger partial charge in [-0.25, -0.2) is 0 Å². The molecule has 2 heterocycles. The molecule has 4 nitrogen and oxygen atoms in total. The van der Waals surface area contributed by atoms with Gasteiger partial charge in [0.2, 0.25) is 0 Å². The third-order valence-electron chi connectivity index (χ3n) is 4.13. The normalized spacial score (nSPS) is 14.8. The highest BCUT2D eigenvalue weighted by molar-refractivity contribution is 5.46. The van der Waals surface area contributed by atoms with Crippen LogP contribution in [0.5, 0.6) is 0 Å². The Bertz CT molecular complexity index is 536. The van der Waals surface area contributed by atoms with E-state index in [0.717, 1.165) is 51.5 Å². The number of aromatic nitrogens is 1. The summed E-state index contributed by atoms with van der Waals surface area (Å²) in [6.45, 7) is 11.5. The van der Waals surface area contributed by atoms with E-state index in [1.165, 1.54) is 5.69 Å². The Kier molecular flexibility index (Phi) is 8.28. The van der Waals surface area contributed by atoms with Crippen LogP contribution in [0, 0.1) is 0 Å². The molecule has 0 bridgehead atoms. The van der Waals surface area contributed by atoms with E-state index in [-0.39, 0.29) is 0 Å². The number of para-hydroxylation sites is 1. The van der Waals surface area contributed by atoms with Gasteiger partial charge in [0.05, 0.1) is 5.69 Å². The van der Waals surface area contributed by atoms with E-state index in [9.17, 15) is 0 Å². The van der Waals surface area contributed by atoms with E-state index >= 15 is 0 Å². The van der Waals surface area contributed by atoms with Crippen LogP contribution in [0.3, 0.4) is 0 Å². The van der Waals surface area contributed by atoms with Gasteiger partial charge in [-0.2, -0.15) is 0 Å². The Hall–Kier alpha value is -1.91. The van der Waals surface area contributed by atoms with Gasteiger partial charge in [0.1, 0.15) is 0 Å².